The zero-order chi connectivity index (χ0) is 14.5. The van der Waals surface area contributed by atoms with E-state index < -0.39 is 0 Å². The lowest BCUT2D eigenvalue weighted by molar-refractivity contribution is 0.568. The maximum absolute atomic E-state index is 4.54. The van der Waals surface area contributed by atoms with E-state index in [9.17, 15) is 0 Å². The maximum Gasteiger partial charge on any atom is 0.130 e. The van der Waals surface area contributed by atoms with Crippen LogP contribution in [0.15, 0.2) is 36.7 Å². The fourth-order valence-electron chi connectivity index (χ4n) is 2.53. The summed E-state index contributed by atoms with van der Waals surface area (Å²) in [6.45, 7) is 7.64. The summed E-state index contributed by atoms with van der Waals surface area (Å²) in [5.74, 6) is 1.66. The second-order valence-corrected chi connectivity index (χ2v) is 5.52. The molecule has 0 saturated heterocycles. The Hall–Kier alpha value is -1.61. The zero-order valence-corrected chi connectivity index (χ0v) is 12.9. The van der Waals surface area contributed by atoms with E-state index in [4.69, 9.17) is 0 Å². The number of benzene rings is 1. The van der Waals surface area contributed by atoms with Gasteiger partial charge in [-0.25, -0.2) is 4.98 Å². The van der Waals surface area contributed by atoms with Gasteiger partial charge >= 0.3 is 0 Å². The Morgan fingerprint density at radius 1 is 1.15 bits per heavy atom. The van der Waals surface area contributed by atoms with Crippen molar-refractivity contribution in [2.24, 2.45) is 0 Å². The molecule has 0 fully saturated rings. The first-order valence-corrected chi connectivity index (χ1v) is 7.45. The highest BCUT2D eigenvalue weighted by Crippen LogP contribution is 2.23. The smallest absolute Gasteiger partial charge is 0.130 e. The molecular weight excluding hydrogens is 246 g/mol. The highest BCUT2D eigenvalue weighted by atomic mass is 15.1. The first-order chi connectivity index (χ1) is 9.67. The fourth-order valence-corrected chi connectivity index (χ4v) is 2.53. The standard InChI is InChI=1S/C17H25N3/c1-5-11-20-12-10-19-17(20)16(18-4)15-8-6-14(7-9-15)13(2)3/h6-10,12-13,16,18H,5,11H2,1-4H3. The van der Waals surface area contributed by atoms with Gasteiger partial charge in [0.15, 0.2) is 0 Å². The van der Waals surface area contributed by atoms with Crippen molar-refractivity contribution in [1.82, 2.24) is 14.9 Å². The molecule has 0 bridgehead atoms. The van der Waals surface area contributed by atoms with Crippen molar-refractivity contribution >= 4 is 0 Å². The van der Waals surface area contributed by atoms with Crippen LogP contribution in [0.3, 0.4) is 0 Å². The number of nitrogens with zero attached hydrogens (tertiary/aromatic N) is 2. The van der Waals surface area contributed by atoms with Crippen LogP contribution in [0.2, 0.25) is 0 Å². The van der Waals surface area contributed by atoms with E-state index in [0.717, 1.165) is 18.8 Å². The number of aryl methyl sites for hydroxylation is 1. The third kappa shape index (κ3) is 3.10. The molecule has 20 heavy (non-hydrogen) atoms. The summed E-state index contributed by atoms with van der Waals surface area (Å²) in [4.78, 5) is 4.54. The SMILES string of the molecule is CCCn1ccnc1C(NC)c1ccc(C(C)C)cc1. The molecule has 2 aromatic rings. The van der Waals surface area contributed by atoms with Gasteiger partial charge in [0, 0.05) is 18.9 Å². The molecule has 1 aromatic carbocycles. The molecule has 0 radical (unpaired) electrons. The first-order valence-electron chi connectivity index (χ1n) is 7.45. The molecule has 0 spiro atoms. The van der Waals surface area contributed by atoms with E-state index in [1.165, 1.54) is 11.1 Å². The van der Waals surface area contributed by atoms with E-state index in [1.54, 1.807) is 0 Å². The summed E-state index contributed by atoms with van der Waals surface area (Å²) in [7, 11) is 1.99. The quantitative estimate of drug-likeness (QED) is 0.867. The topological polar surface area (TPSA) is 29.9 Å². The van der Waals surface area contributed by atoms with Crippen LogP contribution in [0.5, 0.6) is 0 Å². The molecule has 1 unspecified atom stereocenters. The minimum absolute atomic E-state index is 0.151. The summed E-state index contributed by atoms with van der Waals surface area (Å²) in [5.41, 5.74) is 2.64. The van der Waals surface area contributed by atoms with Crippen LogP contribution in [0.1, 0.15) is 56.1 Å². The Bertz CT molecular complexity index is 525. The lowest BCUT2D eigenvalue weighted by Gasteiger charge is -2.18. The normalized spacial score (nSPS) is 12.8. The van der Waals surface area contributed by atoms with Crippen molar-refractivity contribution in [2.45, 2.75) is 45.7 Å². The summed E-state index contributed by atoms with van der Waals surface area (Å²) < 4.78 is 2.23. The molecule has 3 nitrogen and oxygen atoms in total. The van der Waals surface area contributed by atoms with Crippen LogP contribution in [0, 0.1) is 0 Å². The monoisotopic (exact) mass is 271 g/mol. The van der Waals surface area contributed by atoms with Gasteiger partial charge in [0.1, 0.15) is 5.82 Å². The number of hydrogen-bond donors (Lipinski definition) is 1. The molecule has 2 rings (SSSR count). The Balaban J connectivity index is 2.29. The van der Waals surface area contributed by atoms with Crippen molar-refractivity contribution in [3.05, 3.63) is 53.6 Å². The second-order valence-electron chi connectivity index (χ2n) is 5.52. The highest BCUT2D eigenvalue weighted by molar-refractivity contribution is 5.30. The number of imidazole rings is 1. The second kappa shape index (κ2) is 6.71. The van der Waals surface area contributed by atoms with E-state index >= 15 is 0 Å². The predicted octanol–water partition coefficient (Wildman–Crippen LogP) is 3.73. The molecule has 0 aliphatic carbocycles. The molecule has 3 heteroatoms. The summed E-state index contributed by atoms with van der Waals surface area (Å²) in [6.07, 6.45) is 5.07. The third-order valence-electron chi connectivity index (χ3n) is 3.70. The van der Waals surface area contributed by atoms with Gasteiger partial charge in [-0.3, -0.25) is 0 Å². The first kappa shape index (κ1) is 14.8. The van der Waals surface area contributed by atoms with Crippen molar-refractivity contribution in [2.75, 3.05) is 7.05 Å². The van der Waals surface area contributed by atoms with Crippen LogP contribution >= 0.6 is 0 Å². The van der Waals surface area contributed by atoms with Gasteiger partial charge in [-0.2, -0.15) is 0 Å². The molecule has 108 valence electrons. The van der Waals surface area contributed by atoms with Crippen molar-refractivity contribution < 1.29 is 0 Å². The molecule has 0 aliphatic rings. The van der Waals surface area contributed by atoms with Gasteiger partial charge in [0.2, 0.25) is 0 Å². The molecular formula is C17H25N3. The lowest BCUT2D eigenvalue weighted by atomic mass is 9.99. The third-order valence-corrected chi connectivity index (χ3v) is 3.70. The van der Waals surface area contributed by atoms with E-state index in [-0.39, 0.29) is 6.04 Å². The summed E-state index contributed by atoms with van der Waals surface area (Å²) in [5, 5.41) is 3.38. The highest BCUT2D eigenvalue weighted by Gasteiger charge is 2.17. The molecule has 0 amide bonds. The number of rotatable bonds is 6. The number of aromatic nitrogens is 2. The Labute approximate surface area is 122 Å². The predicted molar refractivity (Wildman–Crippen MR) is 84.0 cm³/mol. The Morgan fingerprint density at radius 3 is 2.35 bits per heavy atom. The zero-order valence-electron chi connectivity index (χ0n) is 12.9. The summed E-state index contributed by atoms with van der Waals surface area (Å²) in [6, 6.07) is 9.01. The van der Waals surface area contributed by atoms with Gasteiger partial charge in [0.05, 0.1) is 6.04 Å². The minimum Gasteiger partial charge on any atom is -0.333 e. The Kier molecular flexibility index (Phi) is 4.96. The fraction of sp³-hybridized carbons (Fsp3) is 0.471. The molecule has 0 aliphatic heterocycles. The van der Waals surface area contributed by atoms with Gasteiger partial charge in [0.25, 0.3) is 0 Å². The number of hydrogen-bond acceptors (Lipinski definition) is 2. The maximum atomic E-state index is 4.54. The molecule has 1 N–H and O–H groups in total. The average Bonchev–Trinajstić information content (AvgIpc) is 2.89. The van der Waals surface area contributed by atoms with Gasteiger partial charge in [-0.1, -0.05) is 45.0 Å². The minimum atomic E-state index is 0.151. The van der Waals surface area contributed by atoms with E-state index in [0.29, 0.717) is 5.92 Å². The molecule has 1 aromatic heterocycles. The van der Waals surface area contributed by atoms with Crippen LogP contribution in [-0.2, 0) is 6.54 Å². The van der Waals surface area contributed by atoms with Crippen LogP contribution in [0.25, 0.3) is 0 Å². The van der Waals surface area contributed by atoms with Crippen LogP contribution in [0.4, 0.5) is 0 Å². The van der Waals surface area contributed by atoms with Crippen molar-refractivity contribution in [3.63, 3.8) is 0 Å². The van der Waals surface area contributed by atoms with Crippen molar-refractivity contribution in [1.29, 1.82) is 0 Å². The molecule has 0 saturated carbocycles. The average molecular weight is 271 g/mol. The van der Waals surface area contributed by atoms with E-state index in [1.807, 2.05) is 13.2 Å². The molecule has 1 atom stereocenters. The van der Waals surface area contributed by atoms with Crippen LogP contribution in [-0.4, -0.2) is 16.6 Å². The largest absolute Gasteiger partial charge is 0.333 e. The van der Waals surface area contributed by atoms with Gasteiger partial charge in [-0.15, -0.1) is 0 Å². The number of nitrogens with one attached hydrogen (secondary N) is 1. The van der Waals surface area contributed by atoms with Crippen molar-refractivity contribution in [3.8, 4) is 0 Å². The van der Waals surface area contributed by atoms with Gasteiger partial charge < -0.3 is 9.88 Å². The Morgan fingerprint density at radius 2 is 1.80 bits per heavy atom. The molecule has 1 heterocycles. The van der Waals surface area contributed by atoms with Crippen LogP contribution < -0.4 is 5.32 Å². The van der Waals surface area contributed by atoms with Gasteiger partial charge in [-0.05, 0) is 30.5 Å². The van der Waals surface area contributed by atoms with E-state index in [2.05, 4.69) is 66.1 Å². The lowest BCUT2D eigenvalue weighted by Crippen LogP contribution is -2.22. The summed E-state index contributed by atoms with van der Waals surface area (Å²) >= 11 is 0.